The van der Waals surface area contributed by atoms with Crippen LogP contribution >= 0.6 is 15.6 Å². The summed E-state index contributed by atoms with van der Waals surface area (Å²) in [6.07, 6.45) is 16.7. The SMILES string of the molecule is CCCC(C)c1cc(C)cc2c1OP(=O)(O)Oc1c(cc(C)cc1C(C)(C)CCC)C2.Cc1cc2c(c(C3(C)CCCCC3)c1)OP(=O)(O)Oc1c(cc(C)cc1C1(C)CCCCC1)C2.[O]=[Zr]. The number of hydrogen-bond acceptors (Lipinski definition) is 7. The van der Waals surface area contributed by atoms with Gasteiger partial charge in [0, 0.05) is 29.5 Å². The number of phosphoric ester groups is 2. The summed E-state index contributed by atoms with van der Waals surface area (Å²) >= 11 is 0.300. The Hall–Kier alpha value is -2.86. The van der Waals surface area contributed by atoms with Crippen molar-refractivity contribution in [1.82, 2.24) is 0 Å². The van der Waals surface area contributed by atoms with Gasteiger partial charge in [-0.25, -0.2) is 9.13 Å². The molecule has 8 rings (SSSR count). The van der Waals surface area contributed by atoms with Gasteiger partial charge in [-0.15, -0.1) is 0 Å². The third kappa shape index (κ3) is 12.4. The Morgan fingerprint density at radius 1 is 0.582 bits per heavy atom. The molecule has 2 unspecified atom stereocenters. The number of aryl methyl sites for hydroxylation is 4. The van der Waals surface area contributed by atoms with Gasteiger partial charge in [0.15, 0.2) is 0 Å². The van der Waals surface area contributed by atoms with Crippen LogP contribution in [0.3, 0.4) is 0 Å². The van der Waals surface area contributed by atoms with Crippen molar-refractivity contribution in [2.24, 2.45) is 0 Å². The topological polar surface area (TPSA) is 129 Å². The average molecular weight is 1030 g/mol. The van der Waals surface area contributed by atoms with Crippen molar-refractivity contribution in [1.29, 1.82) is 0 Å². The van der Waals surface area contributed by atoms with E-state index in [1.807, 2.05) is 0 Å². The van der Waals surface area contributed by atoms with Gasteiger partial charge < -0.3 is 18.1 Å². The molecule has 0 aromatic heterocycles. The molecule has 67 heavy (non-hydrogen) atoms. The molecule has 364 valence electrons. The van der Waals surface area contributed by atoms with Crippen molar-refractivity contribution >= 4 is 15.6 Å². The summed E-state index contributed by atoms with van der Waals surface area (Å²) in [5.74, 6) is 2.38. The van der Waals surface area contributed by atoms with E-state index < -0.39 is 15.6 Å². The van der Waals surface area contributed by atoms with E-state index in [1.54, 1.807) is 0 Å². The van der Waals surface area contributed by atoms with Gasteiger partial charge in [0.25, 0.3) is 0 Å². The van der Waals surface area contributed by atoms with Crippen LogP contribution in [0.1, 0.15) is 211 Å². The maximum absolute atomic E-state index is 13.5. The summed E-state index contributed by atoms with van der Waals surface area (Å²) in [7, 11) is -8.72. The molecule has 0 bridgehead atoms. The summed E-state index contributed by atoms with van der Waals surface area (Å²) < 4.78 is 58.6. The normalized spacial score (nSPS) is 20.6. The minimum absolute atomic E-state index is 0.0519. The molecule has 2 fully saturated rings. The van der Waals surface area contributed by atoms with Gasteiger partial charge in [0.05, 0.1) is 0 Å². The van der Waals surface area contributed by atoms with E-state index >= 15 is 0 Å². The van der Waals surface area contributed by atoms with E-state index in [2.05, 4.69) is 125 Å². The maximum atomic E-state index is 13.5. The number of fused-ring (bicyclic) bond motifs is 4. The van der Waals surface area contributed by atoms with Crippen LogP contribution in [0.4, 0.5) is 0 Å². The van der Waals surface area contributed by atoms with E-state index in [0.29, 0.717) is 60.6 Å². The summed E-state index contributed by atoms with van der Waals surface area (Å²) in [6, 6.07) is 16.9. The third-order valence-corrected chi connectivity index (χ3v) is 16.6. The van der Waals surface area contributed by atoms with Crippen molar-refractivity contribution in [3.63, 3.8) is 0 Å². The molecule has 4 aliphatic rings. The Balaban J connectivity index is 0.000000214. The van der Waals surface area contributed by atoms with E-state index in [0.717, 1.165) is 107 Å². The zero-order valence-corrected chi connectivity index (χ0v) is 46.4. The van der Waals surface area contributed by atoms with Crippen molar-refractivity contribution in [2.45, 2.75) is 201 Å². The molecule has 2 aliphatic carbocycles. The Bertz CT molecular complexity index is 2430. The molecular weight excluding hydrogens is 958 g/mol. The molecule has 9 nitrogen and oxygen atoms in total. The Morgan fingerprint density at radius 3 is 1.39 bits per heavy atom. The van der Waals surface area contributed by atoms with Crippen LogP contribution in [0.15, 0.2) is 48.5 Å². The molecule has 0 amide bonds. The van der Waals surface area contributed by atoms with E-state index in [9.17, 15) is 18.9 Å². The summed E-state index contributed by atoms with van der Waals surface area (Å²) in [5.41, 5.74) is 12.3. The van der Waals surface area contributed by atoms with Crippen molar-refractivity contribution in [3.8, 4) is 23.0 Å². The van der Waals surface area contributed by atoms with Crippen molar-refractivity contribution in [3.05, 3.63) is 115 Å². The molecule has 0 spiro atoms. The molecular formula is C55H76O9P2Zr. The Morgan fingerprint density at radius 2 is 0.955 bits per heavy atom. The second kappa shape index (κ2) is 21.6. The molecule has 4 aromatic rings. The molecule has 2 N–H and O–H groups in total. The van der Waals surface area contributed by atoms with Crippen LogP contribution in [0.2, 0.25) is 0 Å². The Kier molecular flexibility index (Phi) is 17.3. The average Bonchev–Trinajstić information content (AvgIpc) is 3.24. The van der Waals surface area contributed by atoms with Gasteiger partial charge in [-0.1, -0.05) is 171 Å². The van der Waals surface area contributed by atoms with Crippen LogP contribution in [-0.4, -0.2) is 9.79 Å². The van der Waals surface area contributed by atoms with Gasteiger partial charge >= 0.3 is 43.2 Å². The molecule has 2 aliphatic heterocycles. The van der Waals surface area contributed by atoms with E-state index in [1.165, 1.54) is 49.7 Å². The molecule has 12 heteroatoms. The first-order valence-corrected chi connectivity index (χ1v) is 28.7. The molecule has 2 heterocycles. The van der Waals surface area contributed by atoms with Crippen molar-refractivity contribution < 1.29 is 64.5 Å². The zero-order chi connectivity index (χ0) is 49.1. The monoisotopic (exact) mass is 1030 g/mol. The van der Waals surface area contributed by atoms with Gasteiger partial charge in [0.1, 0.15) is 23.0 Å². The quantitative estimate of drug-likeness (QED) is 0.166. The summed E-state index contributed by atoms with van der Waals surface area (Å²) in [6.45, 7) is 23.7. The molecule has 2 atom stereocenters. The van der Waals surface area contributed by atoms with Crippen LogP contribution in [0.5, 0.6) is 23.0 Å². The fourth-order valence-electron chi connectivity index (χ4n) is 11.6. The number of rotatable bonds is 8. The van der Waals surface area contributed by atoms with Crippen LogP contribution in [0, 0.1) is 27.7 Å². The molecule has 2 saturated carbocycles. The van der Waals surface area contributed by atoms with Gasteiger partial charge in [-0.2, -0.15) is 0 Å². The third-order valence-electron chi connectivity index (χ3n) is 14.9. The zero-order valence-electron chi connectivity index (χ0n) is 42.2. The number of benzene rings is 4. The Labute approximate surface area is 417 Å². The predicted octanol–water partition coefficient (Wildman–Crippen LogP) is 15.8. The van der Waals surface area contributed by atoms with E-state index in [-0.39, 0.29) is 22.2 Å². The van der Waals surface area contributed by atoms with Crippen LogP contribution in [0.25, 0.3) is 0 Å². The van der Waals surface area contributed by atoms with Gasteiger partial charge in [-0.3, -0.25) is 9.79 Å². The molecule has 4 aromatic carbocycles. The summed E-state index contributed by atoms with van der Waals surface area (Å²) in [5, 5.41) is 0. The predicted molar refractivity (Wildman–Crippen MR) is 265 cm³/mol. The van der Waals surface area contributed by atoms with E-state index in [4.69, 9.17) is 20.9 Å². The minimum atomic E-state index is -4.37. The fourth-order valence-corrected chi connectivity index (χ4v) is 13.5. The molecule has 0 radical (unpaired) electrons. The number of hydrogen-bond donors (Lipinski definition) is 2. The first-order chi connectivity index (χ1) is 31.6. The first kappa shape index (κ1) is 53.5. The standard InChI is InChI=1S/C29H39O4P.C26H37O4P.O.Zr/c1-20-15-22-19-23-16-21(2)18-25(29(4)13-9-6-10-14-29)27(23)33-34(30,31)32-26(22)24(17-20)28(3)11-7-5-8-12-28;1-8-10-19(5)22-14-17(3)12-20-16-21-13-18(4)15-23(26(6,7)11-9-2)25(21)30-31(27,28)29-24(20)22;;/h15-18H,5-14,19H2,1-4H3,(H,30,31);12-15,19H,8-11,16H2,1-7H3,(H,27,28);;. The van der Waals surface area contributed by atoms with Gasteiger partial charge in [-0.05, 0) is 116 Å². The second-order valence-corrected chi connectivity index (χ2v) is 24.1. The first-order valence-electron chi connectivity index (χ1n) is 24.8. The van der Waals surface area contributed by atoms with Crippen molar-refractivity contribution in [2.75, 3.05) is 0 Å². The molecule has 0 saturated heterocycles. The summed E-state index contributed by atoms with van der Waals surface area (Å²) in [4.78, 5) is 21.8. The van der Waals surface area contributed by atoms with Crippen LogP contribution < -0.4 is 18.1 Å². The van der Waals surface area contributed by atoms with Crippen LogP contribution in [-0.2, 0) is 65.8 Å². The number of phosphoric acid groups is 2. The second-order valence-electron chi connectivity index (χ2n) is 21.5. The van der Waals surface area contributed by atoms with Gasteiger partial charge in [0.2, 0.25) is 0 Å². The fraction of sp³-hybridized carbons (Fsp3) is 0.564.